The fourth-order valence-corrected chi connectivity index (χ4v) is 4.11. The molecule has 0 radical (unpaired) electrons. The SMILES string of the molecule is CC1(O)CCCN(C(=O)c2cnc3c(ccn3-c3ccc(-c4ncn[nH]4)c(F)c3)c2)C1. The molecule has 1 aliphatic heterocycles. The Morgan fingerprint density at radius 1 is 1.26 bits per heavy atom. The molecule has 1 aromatic carbocycles. The smallest absolute Gasteiger partial charge is 0.255 e. The number of aromatic nitrogens is 5. The molecule has 0 spiro atoms. The Bertz CT molecular complexity index is 1260. The van der Waals surface area contributed by atoms with Crippen molar-refractivity contribution in [3.05, 3.63) is 60.4 Å². The second kappa shape index (κ2) is 7.28. The fraction of sp³-hybridized carbons (Fsp3) is 0.273. The number of fused-ring (bicyclic) bond motifs is 1. The highest BCUT2D eigenvalue weighted by atomic mass is 19.1. The summed E-state index contributed by atoms with van der Waals surface area (Å²) in [5.41, 5.74) is 1.16. The van der Waals surface area contributed by atoms with E-state index in [0.717, 1.165) is 11.8 Å². The van der Waals surface area contributed by atoms with Crippen molar-refractivity contribution < 1.29 is 14.3 Å². The Morgan fingerprint density at radius 3 is 2.87 bits per heavy atom. The van der Waals surface area contributed by atoms with Gasteiger partial charge in [0.1, 0.15) is 17.8 Å². The second-order valence-electron chi connectivity index (χ2n) is 8.15. The minimum Gasteiger partial charge on any atom is -0.388 e. The van der Waals surface area contributed by atoms with Gasteiger partial charge in [-0.15, -0.1) is 0 Å². The molecule has 3 aromatic heterocycles. The summed E-state index contributed by atoms with van der Waals surface area (Å²) in [6.07, 6.45) is 6.10. The molecule has 1 atom stereocenters. The third-order valence-electron chi connectivity index (χ3n) is 5.64. The highest BCUT2D eigenvalue weighted by Crippen LogP contribution is 2.26. The van der Waals surface area contributed by atoms with Crippen molar-refractivity contribution >= 4 is 16.9 Å². The number of halogens is 1. The predicted molar refractivity (Wildman–Crippen MR) is 112 cm³/mol. The van der Waals surface area contributed by atoms with E-state index in [2.05, 4.69) is 20.2 Å². The van der Waals surface area contributed by atoms with Crippen LogP contribution in [0, 0.1) is 5.82 Å². The second-order valence-corrected chi connectivity index (χ2v) is 8.15. The number of aromatic amines is 1. The van der Waals surface area contributed by atoms with Gasteiger partial charge in [0.15, 0.2) is 5.82 Å². The van der Waals surface area contributed by atoms with Crippen molar-refractivity contribution in [1.29, 1.82) is 0 Å². The van der Waals surface area contributed by atoms with Crippen LogP contribution in [-0.2, 0) is 0 Å². The third kappa shape index (κ3) is 3.57. The molecule has 1 fully saturated rings. The molecule has 0 bridgehead atoms. The number of aliphatic hydroxyl groups is 1. The molecular weight excluding hydrogens is 399 g/mol. The van der Waals surface area contributed by atoms with Gasteiger partial charge in [0, 0.05) is 36.6 Å². The summed E-state index contributed by atoms with van der Waals surface area (Å²) in [5.74, 6) is -0.219. The maximum atomic E-state index is 14.7. The summed E-state index contributed by atoms with van der Waals surface area (Å²) < 4.78 is 16.4. The fourth-order valence-electron chi connectivity index (χ4n) is 4.11. The summed E-state index contributed by atoms with van der Waals surface area (Å²) in [6.45, 7) is 2.67. The average molecular weight is 420 g/mol. The molecular formula is C22H21FN6O2. The first kappa shape index (κ1) is 19.4. The maximum Gasteiger partial charge on any atom is 0.255 e. The average Bonchev–Trinajstić information content (AvgIpc) is 3.42. The lowest BCUT2D eigenvalue weighted by Gasteiger charge is -2.36. The molecule has 8 nitrogen and oxygen atoms in total. The lowest BCUT2D eigenvalue weighted by Crippen LogP contribution is -2.48. The Hall–Kier alpha value is -3.59. The van der Waals surface area contributed by atoms with Crippen LogP contribution in [0.2, 0.25) is 0 Å². The minimum atomic E-state index is -0.864. The van der Waals surface area contributed by atoms with Crippen LogP contribution < -0.4 is 0 Å². The molecule has 158 valence electrons. The van der Waals surface area contributed by atoms with Crippen LogP contribution in [0.15, 0.2) is 49.1 Å². The minimum absolute atomic E-state index is 0.149. The summed E-state index contributed by atoms with van der Waals surface area (Å²) in [7, 11) is 0. The number of H-pyrrole nitrogens is 1. The predicted octanol–water partition coefficient (Wildman–Crippen LogP) is 2.94. The van der Waals surface area contributed by atoms with Gasteiger partial charge < -0.3 is 14.6 Å². The molecule has 1 unspecified atom stereocenters. The molecule has 1 saturated heterocycles. The zero-order valence-corrected chi connectivity index (χ0v) is 16.9. The summed E-state index contributed by atoms with van der Waals surface area (Å²) >= 11 is 0. The van der Waals surface area contributed by atoms with Crippen molar-refractivity contribution in [1.82, 2.24) is 29.6 Å². The Kier molecular flexibility index (Phi) is 4.55. The number of pyridine rings is 1. The first-order valence-electron chi connectivity index (χ1n) is 10.1. The summed E-state index contributed by atoms with van der Waals surface area (Å²) in [5, 5.41) is 17.5. The van der Waals surface area contributed by atoms with Gasteiger partial charge in [-0.1, -0.05) is 0 Å². The number of piperidine rings is 1. The first-order chi connectivity index (χ1) is 14.9. The highest BCUT2D eigenvalue weighted by molar-refractivity contribution is 5.97. The lowest BCUT2D eigenvalue weighted by molar-refractivity contribution is -0.0107. The van der Waals surface area contributed by atoms with E-state index in [9.17, 15) is 14.3 Å². The Morgan fingerprint density at radius 2 is 2.13 bits per heavy atom. The number of likely N-dealkylation sites (tertiary alicyclic amines) is 1. The van der Waals surface area contributed by atoms with E-state index in [4.69, 9.17) is 0 Å². The number of nitrogens with one attached hydrogen (secondary N) is 1. The molecule has 0 saturated carbocycles. The van der Waals surface area contributed by atoms with Crippen LogP contribution >= 0.6 is 0 Å². The Labute approximate surface area is 177 Å². The monoisotopic (exact) mass is 420 g/mol. The van der Waals surface area contributed by atoms with E-state index in [-0.39, 0.29) is 5.91 Å². The van der Waals surface area contributed by atoms with Gasteiger partial charge in [-0.2, -0.15) is 5.10 Å². The summed E-state index contributed by atoms with van der Waals surface area (Å²) in [4.78, 5) is 23.0. The van der Waals surface area contributed by atoms with Gasteiger partial charge in [-0.25, -0.2) is 14.4 Å². The molecule has 4 heterocycles. The Balaban J connectivity index is 1.45. The number of hydrogen-bond donors (Lipinski definition) is 2. The third-order valence-corrected chi connectivity index (χ3v) is 5.64. The quantitative estimate of drug-likeness (QED) is 0.531. The number of nitrogens with zero attached hydrogens (tertiary/aromatic N) is 5. The van der Waals surface area contributed by atoms with Crippen LogP contribution in [0.5, 0.6) is 0 Å². The number of rotatable bonds is 3. The maximum absolute atomic E-state index is 14.7. The number of benzene rings is 1. The number of hydrogen-bond acceptors (Lipinski definition) is 5. The van der Waals surface area contributed by atoms with E-state index in [1.807, 2.05) is 6.07 Å². The number of carbonyl (C=O) groups is 1. The van der Waals surface area contributed by atoms with E-state index in [1.54, 1.807) is 40.8 Å². The number of amides is 1. The van der Waals surface area contributed by atoms with Gasteiger partial charge in [0.25, 0.3) is 5.91 Å². The van der Waals surface area contributed by atoms with Gasteiger partial charge in [-0.3, -0.25) is 9.89 Å². The lowest BCUT2D eigenvalue weighted by atomic mass is 9.95. The highest BCUT2D eigenvalue weighted by Gasteiger charge is 2.31. The molecule has 1 amide bonds. The first-order valence-corrected chi connectivity index (χ1v) is 10.1. The summed E-state index contributed by atoms with van der Waals surface area (Å²) in [6, 6.07) is 8.44. The largest absolute Gasteiger partial charge is 0.388 e. The van der Waals surface area contributed by atoms with E-state index in [1.165, 1.54) is 18.6 Å². The van der Waals surface area contributed by atoms with Gasteiger partial charge in [-0.05, 0) is 50.1 Å². The van der Waals surface area contributed by atoms with Crippen molar-refractivity contribution in [2.24, 2.45) is 0 Å². The van der Waals surface area contributed by atoms with E-state index < -0.39 is 11.4 Å². The van der Waals surface area contributed by atoms with E-state index in [0.29, 0.717) is 47.8 Å². The van der Waals surface area contributed by atoms with Crippen LogP contribution in [0.4, 0.5) is 4.39 Å². The molecule has 2 N–H and O–H groups in total. The standard InChI is InChI=1S/C22H21FN6O2/c1-22(31)6-2-7-28(12-22)21(30)15-9-14-5-8-29(20(14)24-11-15)16-3-4-17(18(23)10-16)19-25-13-26-27-19/h3-5,8-11,13,31H,2,6-7,12H2,1H3,(H,25,26,27). The number of carbonyl (C=O) groups excluding carboxylic acids is 1. The van der Waals surface area contributed by atoms with Crippen LogP contribution in [0.1, 0.15) is 30.1 Å². The van der Waals surface area contributed by atoms with Crippen molar-refractivity contribution in [2.75, 3.05) is 13.1 Å². The van der Waals surface area contributed by atoms with Crippen molar-refractivity contribution in [2.45, 2.75) is 25.4 Å². The van der Waals surface area contributed by atoms with Gasteiger partial charge >= 0.3 is 0 Å². The molecule has 5 rings (SSSR count). The molecule has 9 heteroatoms. The van der Waals surface area contributed by atoms with Crippen LogP contribution in [0.25, 0.3) is 28.1 Å². The molecule has 0 aliphatic carbocycles. The molecule has 4 aromatic rings. The van der Waals surface area contributed by atoms with Gasteiger partial charge in [0.2, 0.25) is 0 Å². The van der Waals surface area contributed by atoms with Crippen molar-refractivity contribution in [3.63, 3.8) is 0 Å². The number of β-amino-alcohol motifs (C(OH)–C–C–N with tert-alkyl or cyclic N) is 1. The van der Waals surface area contributed by atoms with Crippen molar-refractivity contribution in [3.8, 4) is 17.1 Å². The topological polar surface area (TPSA) is 99.9 Å². The zero-order valence-electron chi connectivity index (χ0n) is 16.9. The van der Waals surface area contributed by atoms with E-state index >= 15 is 0 Å². The van der Waals surface area contributed by atoms with Crippen LogP contribution in [0.3, 0.4) is 0 Å². The normalized spacial score (nSPS) is 19.1. The zero-order chi connectivity index (χ0) is 21.6. The van der Waals surface area contributed by atoms with Gasteiger partial charge in [0.05, 0.1) is 16.7 Å². The van der Waals surface area contributed by atoms with Crippen LogP contribution in [-0.4, -0.2) is 59.3 Å². The molecule has 31 heavy (non-hydrogen) atoms. The molecule has 1 aliphatic rings.